The number of piperazine rings is 1. The number of methoxy groups -OCH3 is 1. The molecule has 6 nitrogen and oxygen atoms in total. The molecule has 0 aromatic carbocycles. The van der Waals surface area contributed by atoms with Crippen molar-refractivity contribution in [1.82, 2.24) is 15.5 Å². The van der Waals surface area contributed by atoms with Crippen molar-refractivity contribution in [2.24, 2.45) is 0 Å². The van der Waals surface area contributed by atoms with Crippen LogP contribution < -0.4 is 10.6 Å². The van der Waals surface area contributed by atoms with Crippen LogP contribution >= 0.6 is 0 Å². The molecule has 1 heterocycles. The van der Waals surface area contributed by atoms with Crippen molar-refractivity contribution in [1.29, 1.82) is 0 Å². The second-order valence-electron chi connectivity index (χ2n) is 5.05. The molecule has 0 aromatic heterocycles. The first kappa shape index (κ1) is 14.9. The number of nitrogens with zero attached hydrogens (tertiary/aromatic N) is 1. The lowest BCUT2D eigenvalue weighted by molar-refractivity contribution is -0.134. The lowest BCUT2D eigenvalue weighted by atomic mass is 10.1. The zero-order chi connectivity index (χ0) is 13.6. The lowest BCUT2D eigenvalue weighted by Gasteiger charge is -2.27. The highest BCUT2D eigenvalue weighted by molar-refractivity contribution is 5.85. The predicted molar refractivity (Wildman–Crippen MR) is 68.2 cm³/mol. The molecule has 104 valence electrons. The normalized spacial score (nSPS) is 16.5. The standard InChI is InChI=1S/C12H23N3O3/c1-12(2,18-3)8-10(16)14-9-11(17)15-6-4-13-5-7-15/h13H,4-9H2,1-3H3,(H,14,16). The summed E-state index contributed by atoms with van der Waals surface area (Å²) >= 11 is 0. The van der Waals surface area contributed by atoms with Crippen LogP contribution in [0.15, 0.2) is 0 Å². The Hall–Kier alpha value is -1.14. The maximum Gasteiger partial charge on any atom is 0.242 e. The van der Waals surface area contributed by atoms with Crippen LogP contribution in [0, 0.1) is 0 Å². The summed E-state index contributed by atoms with van der Waals surface area (Å²) in [6, 6.07) is 0. The lowest BCUT2D eigenvalue weighted by Crippen LogP contribution is -2.49. The maximum absolute atomic E-state index is 11.8. The van der Waals surface area contributed by atoms with Gasteiger partial charge < -0.3 is 20.3 Å². The third kappa shape index (κ3) is 5.01. The average Bonchev–Trinajstić information content (AvgIpc) is 2.36. The van der Waals surface area contributed by atoms with Crippen molar-refractivity contribution >= 4 is 11.8 Å². The summed E-state index contributed by atoms with van der Waals surface area (Å²) in [6.45, 7) is 6.79. The van der Waals surface area contributed by atoms with Crippen LogP contribution in [0.25, 0.3) is 0 Å². The minimum atomic E-state index is -0.498. The molecule has 1 fully saturated rings. The summed E-state index contributed by atoms with van der Waals surface area (Å²) < 4.78 is 5.17. The second-order valence-corrected chi connectivity index (χ2v) is 5.05. The Morgan fingerprint density at radius 2 is 1.94 bits per heavy atom. The number of rotatable bonds is 5. The van der Waals surface area contributed by atoms with Crippen LogP contribution in [0.1, 0.15) is 20.3 Å². The Bertz CT molecular complexity index is 299. The molecule has 0 bridgehead atoms. The van der Waals surface area contributed by atoms with Crippen LogP contribution in [-0.4, -0.2) is 62.1 Å². The average molecular weight is 257 g/mol. The van der Waals surface area contributed by atoms with Crippen LogP contribution in [0.2, 0.25) is 0 Å². The molecule has 18 heavy (non-hydrogen) atoms. The molecular weight excluding hydrogens is 234 g/mol. The van der Waals surface area contributed by atoms with Gasteiger partial charge in [0.25, 0.3) is 0 Å². The van der Waals surface area contributed by atoms with Gasteiger partial charge in [0.05, 0.1) is 18.6 Å². The van der Waals surface area contributed by atoms with Crippen LogP contribution in [0.4, 0.5) is 0 Å². The Labute approximate surface area is 108 Å². The fraction of sp³-hybridized carbons (Fsp3) is 0.833. The molecule has 0 unspecified atom stereocenters. The minimum absolute atomic E-state index is 0.0277. The quantitative estimate of drug-likeness (QED) is 0.686. The Balaban J connectivity index is 2.27. The number of ether oxygens (including phenoxy) is 1. The summed E-state index contributed by atoms with van der Waals surface area (Å²) in [4.78, 5) is 25.2. The SMILES string of the molecule is COC(C)(C)CC(=O)NCC(=O)N1CCNCC1. The summed E-state index contributed by atoms with van der Waals surface area (Å²) in [6.07, 6.45) is 0.248. The molecule has 1 saturated heterocycles. The molecule has 0 spiro atoms. The van der Waals surface area contributed by atoms with Crippen molar-refractivity contribution in [3.05, 3.63) is 0 Å². The number of amides is 2. The molecule has 0 aliphatic carbocycles. The summed E-state index contributed by atoms with van der Waals surface area (Å²) in [5.74, 6) is -0.189. The van der Waals surface area contributed by atoms with Gasteiger partial charge in [0.1, 0.15) is 0 Å². The first-order chi connectivity index (χ1) is 8.44. The van der Waals surface area contributed by atoms with Gasteiger partial charge in [0.2, 0.25) is 11.8 Å². The topological polar surface area (TPSA) is 70.7 Å². The second kappa shape index (κ2) is 6.70. The summed E-state index contributed by atoms with van der Waals surface area (Å²) in [5.41, 5.74) is -0.498. The van der Waals surface area contributed by atoms with Gasteiger partial charge in [-0.2, -0.15) is 0 Å². The number of hydrogen-bond donors (Lipinski definition) is 2. The van der Waals surface area contributed by atoms with Crippen molar-refractivity contribution in [2.45, 2.75) is 25.9 Å². The number of carbonyl (C=O) groups excluding carboxylic acids is 2. The van der Waals surface area contributed by atoms with E-state index in [4.69, 9.17) is 4.74 Å². The van der Waals surface area contributed by atoms with E-state index in [0.29, 0.717) is 13.1 Å². The van der Waals surface area contributed by atoms with E-state index in [1.165, 1.54) is 0 Å². The Morgan fingerprint density at radius 3 is 2.50 bits per heavy atom. The predicted octanol–water partition coefficient (Wildman–Crippen LogP) is -0.650. The molecule has 1 aliphatic heterocycles. The molecular formula is C12H23N3O3. The monoisotopic (exact) mass is 257 g/mol. The molecule has 1 aliphatic rings. The Morgan fingerprint density at radius 1 is 1.33 bits per heavy atom. The molecule has 0 saturated carbocycles. The van der Waals surface area contributed by atoms with E-state index < -0.39 is 5.60 Å². The van der Waals surface area contributed by atoms with Gasteiger partial charge in [-0.25, -0.2) is 0 Å². The number of nitrogens with one attached hydrogen (secondary N) is 2. The highest BCUT2D eigenvalue weighted by Crippen LogP contribution is 2.12. The minimum Gasteiger partial charge on any atom is -0.378 e. The van der Waals surface area contributed by atoms with Crippen molar-refractivity contribution in [2.75, 3.05) is 39.8 Å². The smallest absolute Gasteiger partial charge is 0.242 e. The van der Waals surface area contributed by atoms with Gasteiger partial charge in [0.15, 0.2) is 0 Å². The first-order valence-corrected chi connectivity index (χ1v) is 6.25. The molecule has 0 aromatic rings. The molecule has 0 radical (unpaired) electrons. The van der Waals surface area contributed by atoms with E-state index in [1.54, 1.807) is 12.0 Å². The van der Waals surface area contributed by atoms with Crippen LogP contribution in [0.3, 0.4) is 0 Å². The van der Waals surface area contributed by atoms with Crippen molar-refractivity contribution < 1.29 is 14.3 Å². The molecule has 2 amide bonds. The highest BCUT2D eigenvalue weighted by Gasteiger charge is 2.22. The van der Waals surface area contributed by atoms with Gasteiger partial charge in [-0.3, -0.25) is 9.59 Å². The largest absolute Gasteiger partial charge is 0.378 e. The van der Waals surface area contributed by atoms with E-state index in [-0.39, 0.29) is 24.8 Å². The van der Waals surface area contributed by atoms with E-state index in [9.17, 15) is 9.59 Å². The zero-order valence-electron chi connectivity index (χ0n) is 11.4. The third-order valence-electron chi connectivity index (χ3n) is 3.05. The van der Waals surface area contributed by atoms with E-state index in [1.807, 2.05) is 13.8 Å². The van der Waals surface area contributed by atoms with Gasteiger partial charge >= 0.3 is 0 Å². The Kier molecular flexibility index (Phi) is 5.55. The highest BCUT2D eigenvalue weighted by atomic mass is 16.5. The van der Waals surface area contributed by atoms with Crippen LogP contribution in [0.5, 0.6) is 0 Å². The van der Waals surface area contributed by atoms with Crippen molar-refractivity contribution in [3.63, 3.8) is 0 Å². The van der Waals surface area contributed by atoms with Gasteiger partial charge in [0, 0.05) is 33.3 Å². The first-order valence-electron chi connectivity index (χ1n) is 6.25. The number of hydrogen-bond acceptors (Lipinski definition) is 4. The van der Waals surface area contributed by atoms with Crippen LogP contribution in [-0.2, 0) is 14.3 Å². The molecule has 1 rings (SSSR count). The summed E-state index contributed by atoms with van der Waals surface area (Å²) in [7, 11) is 1.57. The van der Waals surface area contributed by atoms with E-state index >= 15 is 0 Å². The maximum atomic E-state index is 11.8. The van der Waals surface area contributed by atoms with Gasteiger partial charge in [-0.05, 0) is 13.8 Å². The number of carbonyl (C=O) groups is 2. The van der Waals surface area contributed by atoms with E-state index in [2.05, 4.69) is 10.6 Å². The molecule has 0 atom stereocenters. The third-order valence-corrected chi connectivity index (χ3v) is 3.05. The summed E-state index contributed by atoms with van der Waals surface area (Å²) in [5, 5.41) is 5.81. The molecule has 6 heteroatoms. The fourth-order valence-corrected chi connectivity index (χ4v) is 1.72. The molecule has 2 N–H and O–H groups in total. The van der Waals surface area contributed by atoms with E-state index in [0.717, 1.165) is 13.1 Å². The van der Waals surface area contributed by atoms with Gasteiger partial charge in [-0.15, -0.1) is 0 Å². The fourth-order valence-electron chi connectivity index (χ4n) is 1.72. The van der Waals surface area contributed by atoms with Gasteiger partial charge in [-0.1, -0.05) is 0 Å². The zero-order valence-corrected chi connectivity index (χ0v) is 11.4. The van der Waals surface area contributed by atoms with Crippen molar-refractivity contribution in [3.8, 4) is 0 Å².